The number of carbonyl (C=O) groups excluding carboxylic acids is 2. The topological polar surface area (TPSA) is 404 Å². The summed E-state index contributed by atoms with van der Waals surface area (Å²) in [7, 11) is 4.65. The Morgan fingerprint density at radius 1 is 0.543 bits per heavy atom. The summed E-state index contributed by atoms with van der Waals surface area (Å²) in [6.07, 6.45) is -27.0. The van der Waals surface area contributed by atoms with Gasteiger partial charge in [-0.3, -0.25) is 4.79 Å². The van der Waals surface area contributed by atoms with Gasteiger partial charge in [-0.15, -0.1) is 0 Å². The van der Waals surface area contributed by atoms with Crippen LogP contribution in [-0.2, 0) is 85.4 Å². The quantitative estimate of drug-likeness (QED) is 0.0375. The van der Waals surface area contributed by atoms with E-state index >= 15 is 0 Å². The van der Waals surface area contributed by atoms with Crippen molar-refractivity contribution in [2.45, 2.75) is 297 Å². The van der Waals surface area contributed by atoms with E-state index in [0.29, 0.717) is 32.1 Å². The van der Waals surface area contributed by atoms with Gasteiger partial charge in [0.25, 0.3) is 0 Å². The number of fused-ring (bicyclic) bond motifs is 5. The third kappa shape index (κ3) is 14.8. The van der Waals surface area contributed by atoms with Gasteiger partial charge in [-0.1, -0.05) is 31.1 Å². The van der Waals surface area contributed by atoms with Crippen LogP contribution in [0.4, 0.5) is 0 Å². The Bertz CT molecular complexity index is 2580. The average molecular weight is 1350 g/mol. The van der Waals surface area contributed by atoms with Crippen molar-refractivity contribution in [2.24, 2.45) is 34.5 Å². The Kier molecular flexibility index (Phi) is 24.4. The number of rotatable bonds is 21. The maximum atomic E-state index is 13.9. The van der Waals surface area contributed by atoms with Crippen LogP contribution >= 0.6 is 0 Å². The molecule has 36 atom stereocenters. The summed E-state index contributed by atoms with van der Waals surface area (Å²) in [5.41, 5.74) is 1.33. The van der Waals surface area contributed by atoms with Crippen LogP contribution in [0.1, 0.15) is 113 Å². The smallest absolute Gasteiger partial charge is 0.331 e. The number of esters is 1. The Morgan fingerprint density at radius 2 is 1.10 bits per heavy atom. The van der Waals surface area contributed by atoms with Gasteiger partial charge in [-0.2, -0.15) is 0 Å². The molecule has 11 N–H and O–H groups in total. The number of ketones is 1. The zero-order chi connectivity index (χ0) is 68.2. The van der Waals surface area contributed by atoms with Crippen LogP contribution in [0.5, 0.6) is 0 Å². The molecule has 0 aromatic heterocycles. The average Bonchev–Trinajstić information content (AvgIpc) is 1.44. The van der Waals surface area contributed by atoms with Crippen molar-refractivity contribution in [1.82, 2.24) is 0 Å². The van der Waals surface area contributed by atoms with Crippen molar-refractivity contribution in [2.75, 3.05) is 41.2 Å². The summed E-state index contributed by atoms with van der Waals surface area (Å²) in [5, 5.41) is 119. The van der Waals surface area contributed by atoms with Crippen LogP contribution in [0.2, 0.25) is 0 Å². The molecule has 6 saturated heterocycles. The highest BCUT2D eigenvalue weighted by molar-refractivity contribution is 5.82. The van der Waals surface area contributed by atoms with E-state index in [1.54, 1.807) is 21.1 Å². The van der Waals surface area contributed by atoms with Crippen LogP contribution in [0.15, 0.2) is 23.3 Å². The molecule has 3 saturated carbocycles. The molecular formula is C65H104O29. The van der Waals surface area contributed by atoms with Gasteiger partial charge < -0.3 is 132 Å². The summed E-state index contributed by atoms with van der Waals surface area (Å²) in [6, 6.07) is 0. The van der Waals surface area contributed by atoms with E-state index in [1.165, 1.54) is 25.7 Å². The van der Waals surface area contributed by atoms with E-state index in [4.69, 9.17) is 75.8 Å². The lowest BCUT2D eigenvalue weighted by Gasteiger charge is -2.58. The van der Waals surface area contributed by atoms with E-state index < -0.39 is 215 Å². The molecule has 6 aliphatic heterocycles. The molecule has 0 unspecified atom stereocenters. The Labute approximate surface area is 548 Å². The number of hydrogen-bond donors (Lipinski definition) is 11. The van der Waals surface area contributed by atoms with Crippen LogP contribution in [-0.4, -0.2) is 293 Å². The van der Waals surface area contributed by atoms with Gasteiger partial charge >= 0.3 is 5.97 Å². The lowest BCUT2D eigenvalue weighted by Crippen LogP contribution is -2.65. The first-order chi connectivity index (χ1) is 44.6. The van der Waals surface area contributed by atoms with Crippen LogP contribution in [0, 0.1) is 34.5 Å². The molecular weight excluding hydrogens is 1240 g/mol. The molecule has 94 heavy (non-hydrogen) atoms. The highest BCUT2D eigenvalue weighted by Crippen LogP contribution is 2.67. The van der Waals surface area contributed by atoms with Gasteiger partial charge in [0, 0.05) is 46.2 Å². The molecule has 0 aromatic rings. The number of aliphatic hydroxyl groups excluding tert-OH is 11. The highest BCUT2D eigenvalue weighted by atomic mass is 16.8. The molecule has 0 radical (unpaired) electrons. The monoisotopic (exact) mass is 1350 g/mol. The molecule has 0 aromatic carbocycles. The molecule has 538 valence electrons. The third-order valence-electron chi connectivity index (χ3n) is 22.3. The predicted octanol–water partition coefficient (Wildman–Crippen LogP) is -0.948. The van der Waals surface area contributed by atoms with Gasteiger partial charge in [-0.05, 0) is 115 Å². The van der Waals surface area contributed by atoms with Gasteiger partial charge in [0.05, 0.1) is 56.4 Å². The van der Waals surface area contributed by atoms with Gasteiger partial charge in [0.15, 0.2) is 43.8 Å². The molecule has 10 rings (SSSR count). The van der Waals surface area contributed by atoms with Crippen molar-refractivity contribution >= 4 is 11.8 Å². The fourth-order valence-electron chi connectivity index (χ4n) is 17.3. The number of hydrogen-bond acceptors (Lipinski definition) is 29. The zero-order valence-corrected chi connectivity index (χ0v) is 55.5. The van der Waals surface area contributed by atoms with E-state index in [0.717, 1.165) is 24.8 Å². The van der Waals surface area contributed by atoms with Gasteiger partial charge in [0.1, 0.15) is 110 Å². The summed E-state index contributed by atoms with van der Waals surface area (Å²) in [5.74, 6) is -0.848. The molecule has 10 aliphatic rings. The molecule has 29 nitrogen and oxygen atoms in total. The maximum absolute atomic E-state index is 13.9. The van der Waals surface area contributed by atoms with Crippen LogP contribution < -0.4 is 0 Å². The van der Waals surface area contributed by atoms with Gasteiger partial charge in [0.2, 0.25) is 0 Å². The molecule has 4 aliphatic carbocycles. The highest BCUT2D eigenvalue weighted by Gasteiger charge is 2.64. The second-order valence-electron chi connectivity index (χ2n) is 28.4. The summed E-state index contributed by atoms with van der Waals surface area (Å²) in [4.78, 5) is 26.5. The molecule has 0 bridgehead atoms. The first-order valence-corrected chi connectivity index (χ1v) is 33.4. The number of ether oxygens (including phenoxy) is 16. The third-order valence-corrected chi connectivity index (χ3v) is 22.3. The van der Waals surface area contributed by atoms with Crippen molar-refractivity contribution in [3.8, 4) is 0 Å². The standard InChI is InChI=1S/C65H104O29/c1-26(2)18-42(69)91-55-28(4)83-43(21-37(55)79-9)92-56-29(5)84-44(22-38(56)80-10)93-57-30(6)85-62(54(78)58(57)81-11)86-32-14-16-64(7)31(19-32)12-13-33-34(64)15-17-65(8)35(33)20-36(45(65)27(3)68)87-60-52(76)50(74)48(72)41(90-60)25-82-63-59(51(75)47(71)40(24-67)89-63)94-61-53(77)49(73)46(70)39(23-66)88-61/h12,18,28-30,32-41,43-63,66-67,70-78H,13-17,19-25H2,1-11H3/t28-,29-,30-,32+,33-,34+,35+,36-,37+,38+,39-,40-,41-,43+,44+,45+,46-,47-,48-,49+,50+,51+,52-,53-,54-,55-,56-,57-,58-,59-,60-,61+,62+,63-,64+,65+/m1/s1. The maximum Gasteiger partial charge on any atom is 0.331 e. The number of Topliss-reactive ketones (excluding diaryl/α,β-unsaturated/α-hetero) is 1. The first-order valence-electron chi connectivity index (χ1n) is 33.4. The largest absolute Gasteiger partial charge is 0.454 e. The molecule has 9 fully saturated rings. The minimum atomic E-state index is -1.92. The van der Waals surface area contributed by atoms with Crippen LogP contribution in [0.25, 0.3) is 0 Å². The number of aliphatic hydroxyl groups is 11. The van der Waals surface area contributed by atoms with Crippen molar-refractivity contribution < 1.29 is 142 Å². The SMILES string of the molecule is CO[C@@H]1[C@@H](O)[C@H](O[C@H]2CC[C@@]3(C)C(=CC[C@H]4[C@@H]5C[C@@H](O[C@@H]6O[C@H](CO[C@@H]7O[C@H](CO)[C@@H](O)[C@H](O)[C@H]7O[C@@H]7O[C@H](CO)[C@@H](O)[C@H](O)[C@H]7O)[C@@H](O)[C@H](O)[C@H]6O)[C@H](C(C)=O)[C@@]5(C)CC[C@@H]43)C2)O[C@H](C)[C@H]1O[C@H]1C[C@H](OC)[C@H](O[C@H]2C[C@H](OC)[C@H](OC(=O)C=C(C)C)[C@@H](C)O2)[C@@H](C)O1. The summed E-state index contributed by atoms with van der Waals surface area (Å²) >= 11 is 0. The zero-order valence-electron chi connectivity index (χ0n) is 55.5. The second kappa shape index (κ2) is 30.8. The minimum Gasteiger partial charge on any atom is -0.454 e. The molecule has 29 heteroatoms. The van der Waals surface area contributed by atoms with Crippen LogP contribution in [0.3, 0.4) is 0 Å². The molecule has 0 amide bonds. The lowest BCUT2D eigenvalue weighted by atomic mass is 9.47. The van der Waals surface area contributed by atoms with E-state index in [-0.39, 0.29) is 41.5 Å². The fourth-order valence-corrected chi connectivity index (χ4v) is 17.3. The number of allylic oxidation sites excluding steroid dienone is 2. The van der Waals surface area contributed by atoms with E-state index in [1.807, 2.05) is 27.7 Å². The Hall–Kier alpha value is -2.42. The Balaban J connectivity index is 0.744. The van der Waals surface area contributed by atoms with Crippen molar-refractivity contribution in [3.63, 3.8) is 0 Å². The van der Waals surface area contributed by atoms with Crippen molar-refractivity contribution in [3.05, 3.63) is 23.3 Å². The summed E-state index contributed by atoms with van der Waals surface area (Å²) in [6.45, 7) is 12.9. The fraction of sp³-hybridized carbons (Fsp3) is 0.908. The lowest BCUT2D eigenvalue weighted by molar-refractivity contribution is -0.373. The minimum absolute atomic E-state index is 0.00797. The normalized spacial score (nSPS) is 50.6. The van der Waals surface area contributed by atoms with E-state index in [2.05, 4.69) is 19.9 Å². The second-order valence-corrected chi connectivity index (χ2v) is 28.4. The molecule has 6 heterocycles. The van der Waals surface area contributed by atoms with Gasteiger partial charge in [-0.25, -0.2) is 4.79 Å². The predicted molar refractivity (Wildman–Crippen MR) is 320 cm³/mol. The van der Waals surface area contributed by atoms with Crippen molar-refractivity contribution in [1.29, 1.82) is 0 Å². The number of carbonyl (C=O) groups is 2. The molecule has 0 spiro atoms. The first kappa shape index (κ1) is 74.3. The summed E-state index contributed by atoms with van der Waals surface area (Å²) < 4.78 is 98.0. The number of methoxy groups -OCH3 is 3. The van der Waals surface area contributed by atoms with E-state index in [9.17, 15) is 65.8 Å². The Morgan fingerprint density at radius 3 is 1.70 bits per heavy atom.